The molecular formula is C22H15FN4S. The number of imidazole rings is 1. The van der Waals surface area contributed by atoms with Crippen LogP contribution in [0.25, 0.3) is 32.0 Å². The van der Waals surface area contributed by atoms with Crippen LogP contribution >= 0.6 is 11.3 Å². The van der Waals surface area contributed by atoms with Crippen molar-refractivity contribution in [2.45, 2.75) is 6.54 Å². The minimum Gasteiger partial charge on any atom is -0.325 e. The third kappa shape index (κ3) is 2.97. The molecular weight excluding hydrogens is 371 g/mol. The topological polar surface area (TPSA) is 43.6 Å². The maximum atomic E-state index is 14.3. The predicted molar refractivity (Wildman–Crippen MR) is 110 cm³/mol. The number of thiophene rings is 1. The predicted octanol–water partition coefficient (Wildman–Crippen LogP) is 5.41. The van der Waals surface area contributed by atoms with Crippen LogP contribution < -0.4 is 0 Å². The second kappa shape index (κ2) is 6.98. The largest absolute Gasteiger partial charge is 0.325 e. The van der Waals surface area contributed by atoms with E-state index in [2.05, 4.69) is 21.0 Å². The lowest BCUT2D eigenvalue weighted by Gasteiger charge is -2.10. The van der Waals surface area contributed by atoms with Crippen molar-refractivity contribution < 1.29 is 4.39 Å². The first kappa shape index (κ1) is 16.8. The molecule has 4 nitrogen and oxygen atoms in total. The lowest BCUT2D eigenvalue weighted by atomic mass is 10.1. The monoisotopic (exact) mass is 386 g/mol. The van der Waals surface area contributed by atoms with Crippen molar-refractivity contribution in [3.8, 4) is 21.8 Å². The molecule has 5 aromatic rings. The summed E-state index contributed by atoms with van der Waals surface area (Å²) in [6.07, 6.45) is 5.14. The molecule has 0 bridgehead atoms. The Morgan fingerprint density at radius 2 is 1.79 bits per heavy atom. The lowest BCUT2D eigenvalue weighted by Crippen LogP contribution is -2.02. The first-order chi connectivity index (χ1) is 13.8. The van der Waals surface area contributed by atoms with Gasteiger partial charge in [-0.05, 0) is 12.1 Å². The quantitative estimate of drug-likeness (QED) is 0.415. The van der Waals surface area contributed by atoms with E-state index in [0.717, 1.165) is 32.0 Å². The van der Waals surface area contributed by atoms with Gasteiger partial charge in [0.2, 0.25) is 0 Å². The van der Waals surface area contributed by atoms with Gasteiger partial charge < -0.3 is 4.57 Å². The Kier molecular flexibility index (Phi) is 4.18. The van der Waals surface area contributed by atoms with E-state index in [1.165, 1.54) is 6.07 Å². The summed E-state index contributed by atoms with van der Waals surface area (Å²) >= 11 is 1.59. The number of benzene rings is 2. The Morgan fingerprint density at radius 3 is 2.61 bits per heavy atom. The molecule has 0 atom stereocenters. The van der Waals surface area contributed by atoms with Gasteiger partial charge in [-0.1, -0.05) is 48.5 Å². The van der Waals surface area contributed by atoms with Crippen molar-refractivity contribution in [1.82, 2.24) is 19.5 Å². The van der Waals surface area contributed by atoms with Crippen LogP contribution in [0.3, 0.4) is 0 Å². The smallest absolute Gasteiger partial charge is 0.128 e. The number of hydrogen-bond donors (Lipinski definition) is 0. The van der Waals surface area contributed by atoms with Crippen molar-refractivity contribution in [2.24, 2.45) is 0 Å². The molecule has 0 aliphatic carbocycles. The summed E-state index contributed by atoms with van der Waals surface area (Å²) in [5.74, 6) is -0.217. The van der Waals surface area contributed by atoms with E-state index < -0.39 is 0 Å². The fourth-order valence-corrected chi connectivity index (χ4v) is 4.32. The van der Waals surface area contributed by atoms with Crippen molar-refractivity contribution in [2.75, 3.05) is 0 Å². The number of fused-ring (bicyclic) bond motifs is 1. The van der Waals surface area contributed by atoms with Gasteiger partial charge in [-0.2, -0.15) is 0 Å². The third-order valence-corrected chi connectivity index (χ3v) is 5.68. The second-order valence-electron chi connectivity index (χ2n) is 6.42. The highest BCUT2D eigenvalue weighted by Crippen LogP contribution is 2.38. The highest BCUT2D eigenvalue weighted by molar-refractivity contribution is 7.21. The molecule has 3 heterocycles. The highest BCUT2D eigenvalue weighted by Gasteiger charge is 2.18. The van der Waals surface area contributed by atoms with E-state index in [-0.39, 0.29) is 5.82 Å². The molecule has 2 aromatic carbocycles. The first-order valence-electron chi connectivity index (χ1n) is 8.83. The third-order valence-electron chi connectivity index (χ3n) is 4.61. The minimum atomic E-state index is -0.217. The number of hydrogen-bond acceptors (Lipinski definition) is 4. The molecule has 0 fully saturated rings. The molecule has 0 amide bonds. The maximum Gasteiger partial charge on any atom is 0.128 e. The zero-order chi connectivity index (χ0) is 18.9. The average Bonchev–Trinajstić information content (AvgIpc) is 3.34. The lowest BCUT2D eigenvalue weighted by molar-refractivity contribution is 0.600. The van der Waals surface area contributed by atoms with E-state index in [1.807, 2.05) is 47.2 Å². The number of rotatable bonds is 4. The Balaban J connectivity index is 1.69. The van der Waals surface area contributed by atoms with Crippen LogP contribution in [-0.2, 0) is 6.54 Å². The van der Waals surface area contributed by atoms with E-state index in [9.17, 15) is 4.39 Å². The van der Waals surface area contributed by atoms with Crippen molar-refractivity contribution in [1.29, 1.82) is 0 Å². The van der Waals surface area contributed by atoms with Crippen LogP contribution in [0.1, 0.15) is 5.56 Å². The molecule has 3 aromatic heterocycles. The molecule has 5 rings (SSSR count). The summed E-state index contributed by atoms with van der Waals surface area (Å²) in [4.78, 5) is 15.1. The maximum absolute atomic E-state index is 14.3. The Morgan fingerprint density at radius 1 is 0.964 bits per heavy atom. The van der Waals surface area contributed by atoms with Gasteiger partial charge in [0.15, 0.2) is 0 Å². The summed E-state index contributed by atoms with van der Waals surface area (Å²) in [5, 5.41) is 0.986. The molecule has 0 saturated carbocycles. The Labute approximate surface area is 165 Å². The van der Waals surface area contributed by atoms with Crippen molar-refractivity contribution in [3.05, 3.63) is 90.9 Å². The fraction of sp³-hybridized carbons (Fsp3) is 0.0455. The van der Waals surface area contributed by atoms with Gasteiger partial charge in [-0.15, -0.1) is 11.3 Å². The Hall–Kier alpha value is -3.38. The van der Waals surface area contributed by atoms with E-state index in [0.29, 0.717) is 12.1 Å². The summed E-state index contributed by atoms with van der Waals surface area (Å²) in [5.41, 5.74) is 3.48. The number of halogens is 1. The van der Waals surface area contributed by atoms with Crippen LogP contribution in [0.5, 0.6) is 0 Å². The van der Waals surface area contributed by atoms with E-state index in [4.69, 9.17) is 0 Å². The molecule has 0 aliphatic rings. The second-order valence-corrected chi connectivity index (χ2v) is 7.45. The summed E-state index contributed by atoms with van der Waals surface area (Å²) < 4.78 is 16.3. The normalized spacial score (nSPS) is 11.2. The van der Waals surface area contributed by atoms with Gasteiger partial charge in [-0.3, -0.25) is 0 Å². The Bertz CT molecular complexity index is 1230. The zero-order valence-electron chi connectivity index (χ0n) is 14.8. The van der Waals surface area contributed by atoms with Crippen molar-refractivity contribution in [3.63, 3.8) is 0 Å². The van der Waals surface area contributed by atoms with Crippen LogP contribution in [-0.4, -0.2) is 19.5 Å². The number of nitrogens with zero attached hydrogens (tertiary/aromatic N) is 4. The molecule has 0 unspecified atom stereocenters. The van der Waals surface area contributed by atoms with Crippen LogP contribution in [0.4, 0.5) is 4.39 Å². The average molecular weight is 386 g/mol. The van der Waals surface area contributed by atoms with Crippen LogP contribution in [0, 0.1) is 5.82 Å². The van der Waals surface area contributed by atoms with Gasteiger partial charge in [0.1, 0.15) is 17.0 Å². The van der Waals surface area contributed by atoms with Gasteiger partial charge in [0, 0.05) is 22.7 Å². The number of aromatic nitrogens is 4. The molecule has 6 heteroatoms. The molecule has 0 spiro atoms. The molecule has 136 valence electrons. The van der Waals surface area contributed by atoms with Gasteiger partial charge in [0.05, 0.1) is 29.1 Å². The van der Waals surface area contributed by atoms with Crippen LogP contribution in [0.15, 0.2) is 79.5 Å². The van der Waals surface area contributed by atoms with E-state index in [1.54, 1.807) is 36.1 Å². The van der Waals surface area contributed by atoms with Gasteiger partial charge >= 0.3 is 0 Å². The first-order valence-corrected chi connectivity index (χ1v) is 9.65. The summed E-state index contributed by atoms with van der Waals surface area (Å²) in [6, 6.07) is 18.9. The molecule has 0 aliphatic heterocycles. The SMILES string of the molecule is Fc1ccccc1Cn1cnc(-c2ccccc2)c1-c1cc2cncnc2s1. The standard InChI is InChI=1S/C22H15FN4S/c23-18-9-5-4-8-16(18)12-27-14-26-20(15-6-2-1-3-7-15)21(27)19-10-17-11-24-13-25-22(17)28-19/h1-11,13-14H,12H2. The van der Waals surface area contributed by atoms with Gasteiger partial charge in [-0.25, -0.2) is 19.3 Å². The fourth-order valence-electron chi connectivity index (χ4n) is 3.28. The summed E-state index contributed by atoms with van der Waals surface area (Å²) in [6.45, 7) is 0.405. The zero-order valence-corrected chi connectivity index (χ0v) is 15.6. The molecule has 0 saturated heterocycles. The molecule has 0 radical (unpaired) electrons. The van der Waals surface area contributed by atoms with E-state index >= 15 is 0 Å². The van der Waals surface area contributed by atoms with Crippen LogP contribution in [0.2, 0.25) is 0 Å². The van der Waals surface area contributed by atoms with Crippen molar-refractivity contribution >= 4 is 21.6 Å². The highest BCUT2D eigenvalue weighted by atomic mass is 32.1. The molecule has 28 heavy (non-hydrogen) atoms. The van der Waals surface area contributed by atoms with Gasteiger partial charge in [0.25, 0.3) is 0 Å². The summed E-state index contributed by atoms with van der Waals surface area (Å²) in [7, 11) is 0. The minimum absolute atomic E-state index is 0.217. The molecule has 0 N–H and O–H groups in total.